The van der Waals surface area contributed by atoms with Crippen LogP contribution in [0.5, 0.6) is 0 Å². The molecule has 94 valence electrons. The lowest BCUT2D eigenvalue weighted by atomic mass is 10.3. The van der Waals surface area contributed by atoms with Gasteiger partial charge < -0.3 is 5.32 Å². The number of anilines is 2. The summed E-state index contributed by atoms with van der Waals surface area (Å²) < 4.78 is 0.790. The second-order valence-electron chi connectivity index (χ2n) is 3.76. The summed E-state index contributed by atoms with van der Waals surface area (Å²) in [5, 5.41) is 4.28. The van der Waals surface area contributed by atoms with Crippen LogP contribution in [0.15, 0.2) is 22.7 Å². The highest BCUT2D eigenvalue weighted by atomic mass is 79.9. The molecule has 0 radical (unpaired) electrons. The highest BCUT2D eigenvalue weighted by Crippen LogP contribution is 2.33. The molecule has 0 fully saturated rings. The molecule has 0 aliphatic rings. The molecule has 1 heterocycles. The lowest BCUT2D eigenvalue weighted by Crippen LogP contribution is -2.01. The molecule has 0 spiro atoms. The number of hydrogen-bond acceptors (Lipinski definition) is 3. The molecule has 6 heteroatoms. The fraction of sp³-hybridized carbons (Fsp3) is 0.167. The molecule has 1 N–H and O–H groups in total. The molecule has 1 aromatic carbocycles. The summed E-state index contributed by atoms with van der Waals surface area (Å²) in [4.78, 5) is 8.42. The SMILES string of the molecule is Cc1nc(Cl)c(C)c(Nc2cccc(Cl)c2Br)n1. The summed E-state index contributed by atoms with van der Waals surface area (Å²) in [5.74, 6) is 1.29. The Kier molecular flexibility index (Phi) is 4.10. The summed E-state index contributed by atoms with van der Waals surface area (Å²) in [6.07, 6.45) is 0. The van der Waals surface area contributed by atoms with Gasteiger partial charge in [-0.05, 0) is 41.9 Å². The zero-order chi connectivity index (χ0) is 13.3. The number of aromatic nitrogens is 2. The van der Waals surface area contributed by atoms with Crippen molar-refractivity contribution in [2.45, 2.75) is 13.8 Å². The maximum atomic E-state index is 6.04. The van der Waals surface area contributed by atoms with Crippen molar-refractivity contribution in [2.24, 2.45) is 0 Å². The Morgan fingerprint density at radius 1 is 1.17 bits per heavy atom. The van der Waals surface area contributed by atoms with E-state index in [0.29, 0.717) is 21.8 Å². The Morgan fingerprint density at radius 3 is 2.61 bits per heavy atom. The zero-order valence-electron chi connectivity index (χ0n) is 9.76. The van der Waals surface area contributed by atoms with Gasteiger partial charge in [0, 0.05) is 5.56 Å². The van der Waals surface area contributed by atoms with Crippen LogP contribution in [0.1, 0.15) is 11.4 Å². The zero-order valence-corrected chi connectivity index (χ0v) is 12.9. The van der Waals surface area contributed by atoms with Gasteiger partial charge >= 0.3 is 0 Å². The van der Waals surface area contributed by atoms with Gasteiger partial charge in [-0.1, -0.05) is 29.3 Å². The number of nitrogens with one attached hydrogen (secondary N) is 1. The van der Waals surface area contributed by atoms with Crippen molar-refractivity contribution in [1.29, 1.82) is 0 Å². The van der Waals surface area contributed by atoms with Gasteiger partial charge in [0.25, 0.3) is 0 Å². The molecule has 3 nitrogen and oxygen atoms in total. The fourth-order valence-electron chi connectivity index (χ4n) is 1.44. The monoisotopic (exact) mass is 345 g/mol. The van der Waals surface area contributed by atoms with Gasteiger partial charge in [0.05, 0.1) is 15.2 Å². The third-order valence-electron chi connectivity index (χ3n) is 2.40. The van der Waals surface area contributed by atoms with E-state index < -0.39 is 0 Å². The largest absolute Gasteiger partial charge is 0.339 e. The first-order valence-corrected chi connectivity index (χ1v) is 6.75. The average molecular weight is 347 g/mol. The van der Waals surface area contributed by atoms with Crippen LogP contribution in [0.3, 0.4) is 0 Å². The van der Waals surface area contributed by atoms with Crippen molar-refractivity contribution < 1.29 is 0 Å². The van der Waals surface area contributed by atoms with Crippen molar-refractivity contribution in [3.8, 4) is 0 Å². The molecule has 0 amide bonds. The smallest absolute Gasteiger partial charge is 0.138 e. The quantitative estimate of drug-likeness (QED) is 0.785. The molecule has 0 aliphatic carbocycles. The Hall–Kier alpha value is -0.840. The van der Waals surface area contributed by atoms with Crippen LogP contribution in [0.2, 0.25) is 10.2 Å². The Balaban J connectivity index is 2.43. The van der Waals surface area contributed by atoms with E-state index in [0.717, 1.165) is 15.7 Å². The van der Waals surface area contributed by atoms with E-state index in [1.807, 2.05) is 25.1 Å². The number of aryl methyl sites for hydroxylation is 1. The van der Waals surface area contributed by atoms with Crippen LogP contribution in [0.4, 0.5) is 11.5 Å². The second-order valence-corrected chi connectivity index (χ2v) is 5.32. The molecule has 0 atom stereocenters. The van der Waals surface area contributed by atoms with Crippen LogP contribution in [-0.2, 0) is 0 Å². The molecular weight excluding hydrogens is 337 g/mol. The predicted octanol–water partition coefficient (Wildman–Crippen LogP) is 4.91. The molecule has 0 bridgehead atoms. The third-order valence-corrected chi connectivity index (χ3v) is 4.17. The standard InChI is InChI=1S/C12H10BrCl2N3/c1-6-11(15)16-7(2)17-12(6)18-9-5-3-4-8(14)10(9)13/h3-5H,1-2H3,(H,16,17,18). The van der Waals surface area contributed by atoms with Crippen LogP contribution < -0.4 is 5.32 Å². The lowest BCUT2D eigenvalue weighted by molar-refractivity contribution is 1.04. The minimum atomic E-state index is 0.447. The van der Waals surface area contributed by atoms with Gasteiger partial charge in [-0.3, -0.25) is 0 Å². The molecule has 2 aromatic rings. The van der Waals surface area contributed by atoms with Gasteiger partial charge in [0.1, 0.15) is 16.8 Å². The van der Waals surface area contributed by atoms with E-state index in [-0.39, 0.29) is 0 Å². The topological polar surface area (TPSA) is 37.8 Å². The van der Waals surface area contributed by atoms with E-state index in [4.69, 9.17) is 23.2 Å². The van der Waals surface area contributed by atoms with Crippen molar-refractivity contribution in [3.63, 3.8) is 0 Å². The third kappa shape index (κ3) is 2.76. The van der Waals surface area contributed by atoms with E-state index in [1.165, 1.54) is 0 Å². The lowest BCUT2D eigenvalue weighted by Gasteiger charge is -2.12. The Bertz CT molecular complexity index is 602. The Morgan fingerprint density at radius 2 is 1.89 bits per heavy atom. The van der Waals surface area contributed by atoms with E-state index in [1.54, 1.807) is 6.92 Å². The minimum absolute atomic E-state index is 0.447. The van der Waals surface area contributed by atoms with Crippen molar-refractivity contribution in [1.82, 2.24) is 9.97 Å². The first-order chi connectivity index (χ1) is 8.49. The molecule has 2 rings (SSSR count). The first kappa shape index (κ1) is 13.6. The van der Waals surface area contributed by atoms with Gasteiger partial charge in [-0.2, -0.15) is 0 Å². The van der Waals surface area contributed by atoms with Crippen molar-refractivity contribution in [2.75, 3.05) is 5.32 Å². The van der Waals surface area contributed by atoms with Gasteiger partial charge in [0.15, 0.2) is 0 Å². The van der Waals surface area contributed by atoms with E-state index in [9.17, 15) is 0 Å². The summed E-state index contributed by atoms with van der Waals surface area (Å²) >= 11 is 15.5. The highest BCUT2D eigenvalue weighted by molar-refractivity contribution is 9.10. The molecule has 0 unspecified atom stereocenters. The number of benzene rings is 1. The highest BCUT2D eigenvalue weighted by Gasteiger charge is 2.10. The van der Waals surface area contributed by atoms with Crippen molar-refractivity contribution in [3.05, 3.63) is 44.2 Å². The number of rotatable bonds is 2. The predicted molar refractivity (Wildman–Crippen MR) is 79.0 cm³/mol. The summed E-state index contributed by atoms with van der Waals surface area (Å²) in [6, 6.07) is 5.57. The number of nitrogens with zero attached hydrogens (tertiary/aromatic N) is 2. The second kappa shape index (κ2) is 5.43. The molecule has 0 aliphatic heterocycles. The van der Waals surface area contributed by atoms with Gasteiger partial charge in [-0.15, -0.1) is 0 Å². The van der Waals surface area contributed by atoms with Crippen molar-refractivity contribution >= 4 is 50.6 Å². The van der Waals surface area contributed by atoms with E-state index in [2.05, 4.69) is 31.2 Å². The maximum absolute atomic E-state index is 6.04. The van der Waals surface area contributed by atoms with E-state index >= 15 is 0 Å². The molecule has 0 saturated heterocycles. The molecule has 18 heavy (non-hydrogen) atoms. The van der Waals surface area contributed by atoms with Crippen LogP contribution in [-0.4, -0.2) is 9.97 Å². The summed E-state index contributed by atoms with van der Waals surface area (Å²) in [5.41, 5.74) is 1.63. The van der Waals surface area contributed by atoms with Gasteiger partial charge in [-0.25, -0.2) is 9.97 Å². The Labute approximate surface area is 124 Å². The fourth-order valence-corrected chi connectivity index (χ4v) is 2.19. The number of hydrogen-bond donors (Lipinski definition) is 1. The van der Waals surface area contributed by atoms with Crippen LogP contribution in [0.25, 0.3) is 0 Å². The number of halogens is 3. The van der Waals surface area contributed by atoms with Crippen LogP contribution >= 0.6 is 39.1 Å². The summed E-state index contributed by atoms with van der Waals surface area (Å²) in [6.45, 7) is 3.66. The van der Waals surface area contributed by atoms with Gasteiger partial charge in [0.2, 0.25) is 0 Å². The van der Waals surface area contributed by atoms with Crippen LogP contribution in [0, 0.1) is 13.8 Å². The molecule has 1 aromatic heterocycles. The summed E-state index contributed by atoms with van der Waals surface area (Å²) in [7, 11) is 0. The maximum Gasteiger partial charge on any atom is 0.138 e. The molecular formula is C12H10BrCl2N3. The first-order valence-electron chi connectivity index (χ1n) is 5.21. The molecule has 0 saturated carbocycles. The normalized spacial score (nSPS) is 10.5. The average Bonchev–Trinajstić information content (AvgIpc) is 2.31. The minimum Gasteiger partial charge on any atom is -0.339 e.